The van der Waals surface area contributed by atoms with Crippen molar-refractivity contribution in [3.05, 3.63) is 35.7 Å². The molecule has 0 fully saturated rings. The monoisotopic (exact) mass is 272 g/mol. The van der Waals surface area contributed by atoms with E-state index in [1.807, 2.05) is 17.6 Å². The van der Waals surface area contributed by atoms with Gasteiger partial charge in [-0.1, -0.05) is 0 Å². The number of rotatable bonds is 2. The molecular formula is C13H16N6O. The molecule has 1 aliphatic rings. The summed E-state index contributed by atoms with van der Waals surface area (Å²) >= 11 is 0. The molecule has 7 nitrogen and oxygen atoms in total. The van der Waals surface area contributed by atoms with Crippen LogP contribution in [0.1, 0.15) is 21.9 Å². The highest BCUT2D eigenvalue weighted by atomic mass is 16.2. The highest BCUT2D eigenvalue weighted by molar-refractivity contribution is 5.99. The molecule has 0 aromatic carbocycles. The first-order valence-electron chi connectivity index (χ1n) is 6.49. The molecule has 1 aliphatic heterocycles. The van der Waals surface area contributed by atoms with E-state index in [-0.39, 0.29) is 5.91 Å². The van der Waals surface area contributed by atoms with Crippen molar-refractivity contribution in [2.45, 2.75) is 20.0 Å². The van der Waals surface area contributed by atoms with Crippen molar-refractivity contribution in [2.24, 2.45) is 0 Å². The Bertz CT molecular complexity index is 650. The summed E-state index contributed by atoms with van der Waals surface area (Å²) in [5, 5.41) is 10.9. The van der Waals surface area contributed by atoms with E-state index in [4.69, 9.17) is 0 Å². The number of carbonyl (C=O) groups excluding carboxylic acids is 1. The van der Waals surface area contributed by atoms with Crippen molar-refractivity contribution in [1.82, 2.24) is 24.6 Å². The minimum atomic E-state index is -0.0314. The maximum atomic E-state index is 12.6. The molecule has 2 aromatic rings. The summed E-state index contributed by atoms with van der Waals surface area (Å²) in [5.41, 5.74) is 2.27. The highest BCUT2D eigenvalue weighted by Gasteiger charge is 2.24. The molecule has 20 heavy (non-hydrogen) atoms. The second-order valence-corrected chi connectivity index (χ2v) is 4.79. The maximum absolute atomic E-state index is 12.6. The first-order chi connectivity index (χ1) is 9.69. The van der Waals surface area contributed by atoms with Gasteiger partial charge in [0.1, 0.15) is 6.33 Å². The van der Waals surface area contributed by atoms with Gasteiger partial charge in [0.25, 0.3) is 5.91 Å². The molecule has 1 amide bonds. The molecule has 7 heteroatoms. The van der Waals surface area contributed by atoms with Crippen LogP contribution < -0.4 is 5.32 Å². The van der Waals surface area contributed by atoms with Crippen LogP contribution in [0.3, 0.4) is 0 Å². The van der Waals surface area contributed by atoms with Crippen LogP contribution >= 0.6 is 0 Å². The van der Waals surface area contributed by atoms with E-state index in [9.17, 15) is 4.79 Å². The van der Waals surface area contributed by atoms with Crippen LogP contribution in [0.25, 0.3) is 0 Å². The lowest BCUT2D eigenvalue weighted by molar-refractivity contribution is 0.0708. The van der Waals surface area contributed by atoms with Gasteiger partial charge in [-0.05, 0) is 13.0 Å². The lowest BCUT2D eigenvalue weighted by Gasteiger charge is -2.27. The Hall–Kier alpha value is -2.44. The summed E-state index contributed by atoms with van der Waals surface area (Å²) in [7, 11) is 1.80. The van der Waals surface area contributed by atoms with Gasteiger partial charge in [0.05, 0.1) is 17.8 Å². The van der Waals surface area contributed by atoms with Crippen molar-refractivity contribution in [2.75, 3.05) is 18.9 Å². The summed E-state index contributed by atoms with van der Waals surface area (Å²) < 4.78 is 1.97. The Labute approximate surface area is 116 Å². The molecule has 0 spiro atoms. The molecule has 0 saturated heterocycles. The number of amides is 1. The molecule has 2 aromatic heterocycles. The predicted molar refractivity (Wildman–Crippen MR) is 73.3 cm³/mol. The van der Waals surface area contributed by atoms with Crippen LogP contribution in [0, 0.1) is 6.92 Å². The van der Waals surface area contributed by atoms with Gasteiger partial charge in [0.2, 0.25) is 0 Å². The number of nitrogens with zero attached hydrogens (tertiary/aromatic N) is 5. The minimum Gasteiger partial charge on any atom is -0.387 e. The van der Waals surface area contributed by atoms with Crippen LogP contribution in [0.2, 0.25) is 0 Å². The average Bonchev–Trinajstić information content (AvgIpc) is 2.93. The third-order valence-electron chi connectivity index (χ3n) is 3.47. The number of pyridine rings is 1. The van der Waals surface area contributed by atoms with Gasteiger partial charge in [-0.3, -0.25) is 9.78 Å². The molecule has 0 atom stereocenters. The third-order valence-corrected chi connectivity index (χ3v) is 3.47. The van der Waals surface area contributed by atoms with E-state index >= 15 is 0 Å². The number of carbonyl (C=O) groups is 1. The largest absolute Gasteiger partial charge is 0.387 e. The van der Waals surface area contributed by atoms with Crippen molar-refractivity contribution >= 4 is 11.6 Å². The number of hydrogen-bond acceptors (Lipinski definition) is 5. The molecule has 0 unspecified atom stereocenters. The number of hydrogen-bond donors (Lipinski definition) is 1. The van der Waals surface area contributed by atoms with Gasteiger partial charge in [-0.25, -0.2) is 0 Å². The van der Waals surface area contributed by atoms with E-state index < -0.39 is 0 Å². The minimum absolute atomic E-state index is 0.0314. The number of aromatic nitrogens is 4. The Balaban J connectivity index is 1.87. The Morgan fingerprint density at radius 3 is 3.05 bits per heavy atom. The van der Waals surface area contributed by atoms with Gasteiger partial charge in [0.15, 0.2) is 5.82 Å². The molecule has 0 bridgehead atoms. The topological polar surface area (TPSA) is 75.9 Å². The predicted octanol–water partition coefficient (Wildman–Crippen LogP) is 0.679. The Morgan fingerprint density at radius 2 is 2.25 bits per heavy atom. The fourth-order valence-corrected chi connectivity index (χ4v) is 2.35. The van der Waals surface area contributed by atoms with Crippen LogP contribution in [-0.4, -0.2) is 44.1 Å². The van der Waals surface area contributed by atoms with Gasteiger partial charge >= 0.3 is 0 Å². The lowest BCUT2D eigenvalue weighted by atomic mass is 10.1. The zero-order chi connectivity index (χ0) is 14.1. The number of aryl methyl sites for hydroxylation is 1. The third kappa shape index (κ3) is 2.11. The summed E-state index contributed by atoms with van der Waals surface area (Å²) in [5.74, 6) is 0.784. The normalized spacial score (nSPS) is 14.0. The van der Waals surface area contributed by atoms with Gasteiger partial charge < -0.3 is 14.8 Å². The van der Waals surface area contributed by atoms with Gasteiger partial charge in [0, 0.05) is 32.0 Å². The van der Waals surface area contributed by atoms with E-state index in [1.165, 1.54) is 0 Å². The lowest BCUT2D eigenvalue weighted by Crippen LogP contribution is -2.38. The molecule has 0 saturated carbocycles. The van der Waals surface area contributed by atoms with E-state index in [0.717, 1.165) is 23.8 Å². The van der Waals surface area contributed by atoms with E-state index in [1.54, 1.807) is 24.5 Å². The van der Waals surface area contributed by atoms with Crippen molar-refractivity contribution in [1.29, 1.82) is 0 Å². The number of anilines is 1. The van der Waals surface area contributed by atoms with Crippen LogP contribution in [-0.2, 0) is 13.1 Å². The first-order valence-corrected chi connectivity index (χ1v) is 6.49. The van der Waals surface area contributed by atoms with Crippen molar-refractivity contribution in [3.8, 4) is 0 Å². The zero-order valence-electron chi connectivity index (χ0n) is 11.5. The molecule has 0 aliphatic carbocycles. The van der Waals surface area contributed by atoms with Crippen molar-refractivity contribution in [3.63, 3.8) is 0 Å². The SMILES string of the molecule is CNc1cc(C)ncc1C(=O)N1CCn2cnnc2C1. The van der Waals surface area contributed by atoms with E-state index in [2.05, 4.69) is 20.5 Å². The first kappa shape index (κ1) is 12.6. The molecule has 3 rings (SSSR count). The second kappa shape index (κ2) is 4.92. The molecular weight excluding hydrogens is 256 g/mol. The molecule has 3 heterocycles. The van der Waals surface area contributed by atoms with Gasteiger partial charge in [-0.2, -0.15) is 0 Å². The maximum Gasteiger partial charge on any atom is 0.257 e. The van der Waals surface area contributed by atoms with Crippen LogP contribution in [0.5, 0.6) is 0 Å². The standard InChI is InChI=1S/C13H16N6O/c1-9-5-11(14-2)10(6-15-9)13(20)18-3-4-19-8-16-17-12(19)7-18/h5-6,8H,3-4,7H2,1-2H3,(H,14,15). The highest BCUT2D eigenvalue weighted by Crippen LogP contribution is 2.19. The fraction of sp³-hybridized carbons (Fsp3) is 0.385. The van der Waals surface area contributed by atoms with E-state index in [0.29, 0.717) is 18.7 Å². The molecule has 0 radical (unpaired) electrons. The quantitative estimate of drug-likeness (QED) is 0.870. The number of nitrogens with one attached hydrogen (secondary N) is 1. The smallest absolute Gasteiger partial charge is 0.257 e. The number of fused-ring (bicyclic) bond motifs is 1. The van der Waals surface area contributed by atoms with Crippen LogP contribution in [0.15, 0.2) is 18.6 Å². The van der Waals surface area contributed by atoms with Gasteiger partial charge in [-0.15, -0.1) is 10.2 Å². The van der Waals surface area contributed by atoms with Crippen LogP contribution in [0.4, 0.5) is 5.69 Å². The van der Waals surface area contributed by atoms with Crippen molar-refractivity contribution < 1.29 is 4.79 Å². The summed E-state index contributed by atoms with van der Waals surface area (Å²) in [6.45, 7) is 3.76. The Morgan fingerprint density at radius 1 is 1.40 bits per heavy atom. The molecule has 1 N–H and O–H groups in total. The molecule has 104 valence electrons. The summed E-state index contributed by atoms with van der Waals surface area (Å²) in [6.07, 6.45) is 3.33. The second-order valence-electron chi connectivity index (χ2n) is 4.79. The fourth-order valence-electron chi connectivity index (χ4n) is 2.35. The Kier molecular flexibility index (Phi) is 3.09. The zero-order valence-corrected chi connectivity index (χ0v) is 11.5. The average molecular weight is 272 g/mol. The summed E-state index contributed by atoms with van der Waals surface area (Å²) in [4.78, 5) is 18.6. The summed E-state index contributed by atoms with van der Waals surface area (Å²) in [6, 6.07) is 1.87.